The van der Waals surface area contributed by atoms with Crippen molar-refractivity contribution in [2.45, 2.75) is 46.5 Å². The summed E-state index contributed by atoms with van der Waals surface area (Å²) in [4.78, 5) is 20.5. The van der Waals surface area contributed by atoms with E-state index in [1.54, 1.807) is 20.8 Å². The summed E-state index contributed by atoms with van der Waals surface area (Å²) in [6, 6.07) is 0. The predicted octanol–water partition coefficient (Wildman–Crippen LogP) is 2.53. The number of hydrogen-bond acceptors (Lipinski definition) is 3. The summed E-state index contributed by atoms with van der Waals surface area (Å²) in [6.07, 6.45) is 3.83. The van der Waals surface area contributed by atoms with Gasteiger partial charge >= 0.3 is 11.9 Å². The highest BCUT2D eigenvalue weighted by Gasteiger charge is 2.05. The molecule has 4 heteroatoms. The molecule has 0 spiro atoms. The summed E-state index contributed by atoms with van der Waals surface area (Å²) in [5.41, 5.74) is 1.29. The van der Waals surface area contributed by atoms with E-state index >= 15 is 0 Å². The fourth-order valence-corrected chi connectivity index (χ4v) is 1.02. The Kier molecular flexibility index (Phi) is 7.25. The number of carboxylic acids is 1. The zero-order valence-electron chi connectivity index (χ0n) is 10.2. The van der Waals surface area contributed by atoms with Crippen LogP contribution in [-0.2, 0) is 14.3 Å². The molecule has 0 unspecified atom stereocenters. The van der Waals surface area contributed by atoms with Crippen LogP contribution in [0.5, 0.6) is 0 Å². The lowest BCUT2D eigenvalue weighted by Crippen LogP contribution is -2.00. The average Bonchev–Trinajstić information content (AvgIpc) is 2.45. The van der Waals surface area contributed by atoms with Crippen molar-refractivity contribution in [1.82, 2.24) is 0 Å². The molecule has 1 aliphatic rings. The van der Waals surface area contributed by atoms with Crippen molar-refractivity contribution < 1.29 is 19.4 Å². The molecule has 0 amide bonds. The van der Waals surface area contributed by atoms with E-state index in [0.29, 0.717) is 18.6 Å². The Morgan fingerprint density at radius 3 is 2.25 bits per heavy atom. The van der Waals surface area contributed by atoms with Gasteiger partial charge in [0.05, 0.1) is 6.61 Å². The van der Waals surface area contributed by atoms with Gasteiger partial charge in [-0.15, -0.1) is 0 Å². The molecule has 0 bridgehead atoms. The minimum atomic E-state index is -0.829. The number of aliphatic carboxylic acids is 1. The molecule has 0 saturated carbocycles. The number of allylic oxidation sites excluding steroid dienone is 1. The SMILES string of the molecule is CC(C)=C(C)C(=O)O.O=C1CCCCCO1. The van der Waals surface area contributed by atoms with Crippen molar-refractivity contribution in [2.24, 2.45) is 0 Å². The molecule has 1 saturated heterocycles. The molecule has 1 N–H and O–H groups in total. The highest BCUT2D eigenvalue weighted by Crippen LogP contribution is 2.06. The van der Waals surface area contributed by atoms with Gasteiger partial charge in [0.15, 0.2) is 0 Å². The van der Waals surface area contributed by atoms with Gasteiger partial charge in [0.2, 0.25) is 0 Å². The topological polar surface area (TPSA) is 63.6 Å². The zero-order chi connectivity index (χ0) is 12.6. The summed E-state index contributed by atoms with van der Waals surface area (Å²) in [7, 11) is 0. The summed E-state index contributed by atoms with van der Waals surface area (Å²) >= 11 is 0. The monoisotopic (exact) mass is 228 g/mol. The van der Waals surface area contributed by atoms with Crippen LogP contribution in [0.15, 0.2) is 11.1 Å². The lowest BCUT2D eigenvalue weighted by Gasteiger charge is -1.93. The second kappa shape index (κ2) is 7.91. The number of carbonyl (C=O) groups excluding carboxylic acids is 1. The molecule has 1 aliphatic heterocycles. The van der Waals surface area contributed by atoms with Crippen LogP contribution in [0.2, 0.25) is 0 Å². The first-order valence-electron chi connectivity index (χ1n) is 5.48. The van der Waals surface area contributed by atoms with E-state index in [1.807, 2.05) is 0 Å². The molecule has 0 radical (unpaired) electrons. The molecule has 0 atom stereocenters. The van der Waals surface area contributed by atoms with E-state index in [2.05, 4.69) is 0 Å². The summed E-state index contributed by atoms with van der Waals surface area (Å²) in [6.45, 7) is 5.80. The van der Waals surface area contributed by atoms with Gasteiger partial charge in [-0.25, -0.2) is 4.79 Å². The lowest BCUT2D eigenvalue weighted by atomic mass is 10.2. The molecule has 4 nitrogen and oxygen atoms in total. The minimum absolute atomic E-state index is 0.0255. The number of carboxylic acid groups (broad SMARTS) is 1. The van der Waals surface area contributed by atoms with Crippen LogP contribution < -0.4 is 0 Å². The molecule has 0 aromatic heterocycles. The molecule has 0 aromatic carbocycles. The highest BCUT2D eigenvalue weighted by molar-refractivity contribution is 5.86. The second-order valence-corrected chi connectivity index (χ2v) is 3.96. The lowest BCUT2D eigenvalue weighted by molar-refractivity contribution is -0.142. The Morgan fingerprint density at radius 1 is 1.19 bits per heavy atom. The van der Waals surface area contributed by atoms with E-state index in [-0.39, 0.29) is 5.97 Å². The molecule has 0 aromatic rings. The van der Waals surface area contributed by atoms with Crippen LogP contribution in [0.1, 0.15) is 46.5 Å². The minimum Gasteiger partial charge on any atom is -0.478 e. The Bertz CT molecular complexity index is 265. The van der Waals surface area contributed by atoms with E-state index in [4.69, 9.17) is 9.84 Å². The van der Waals surface area contributed by atoms with Crippen LogP contribution in [0, 0.1) is 0 Å². The van der Waals surface area contributed by atoms with E-state index in [0.717, 1.165) is 24.8 Å². The van der Waals surface area contributed by atoms with Crippen LogP contribution >= 0.6 is 0 Å². The Hall–Kier alpha value is -1.32. The first-order chi connectivity index (χ1) is 7.45. The summed E-state index contributed by atoms with van der Waals surface area (Å²) < 4.78 is 4.76. The first kappa shape index (κ1) is 14.7. The Balaban J connectivity index is 0.000000281. The standard InChI is InChI=1S/2C6H10O2/c7-6-4-2-1-3-5-8-6;1-4(2)5(3)6(7)8/h1-5H2;1-3H3,(H,7,8). The maximum absolute atomic E-state index is 10.5. The number of hydrogen-bond donors (Lipinski definition) is 1. The van der Waals surface area contributed by atoms with Crippen molar-refractivity contribution in [1.29, 1.82) is 0 Å². The quantitative estimate of drug-likeness (QED) is 0.553. The summed E-state index contributed by atoms with van der Waals surface area (Å²) in [5.74, 6) is -0.854. The van der Waals surface area contributed by atoms with Gasteiger partial charge < -0.3 is 9.84 Å². The number of carbonyl (C=O) groups is 2. The molecule has 92 valence electrons. The van der Waals surface area contributed by atoms with Crippen molar-refractivity contribution in [2.75, 3.05) is 6.61 Å². The first-order valence-corrected chi connectivity index (χ1v) is 5.48. The van der Waals surface area contributed by atoms with Gasteiger partial charge in [0.1, 0.15) is 0 Å². The fourth-order valence-electron chi connectivity index (χ4n) is 1.02. The van der Waals surface area contributed by atoms with Gasteiger partial charge in [-0.1, -0.05) is 5.57 Å². The van der Waals surface area contributed by atoms with Crippen LogP contribution in [-0.4, -0.2) is 23.7 Å². The third-order valence-corrected chi connectivity index (χ3v) is 2.36. The van der Waals surface area contributed by atoms with Gasteiger partial charge in [0, 0.05) is 12.0 Å². The normalized spacial score (nSPS) is 15.1. The van der Waals surface area contributed by atoms with Crippen molar-refractivity contribution in [3.05, 3.63) is 11.1 Å². The number of ether oxygens (including phenoxy) is 1. The molecule has 0 aliphatic carbocycles. The van der Waals surface area contributed by atoms with Crippen molar-refractivity contribution in [3.63, 3.8) is 0 Å². The van der Waals surface area contributed by atoms with Gasteiger partial charge in [-0.2, -0.15) is 0 Å². The van der Waals surface area contributed by atoms with E-state index in [1.165, 1.54) is 0 Å². The number of esters is 1. The van der Waals surface area contributed by atoms with Crippen molar-refractivity contribution >= 4 is 11.9 Å². The maximum atomic E-state index is 10.5. The third-order valence-electron chi connectivity index (χ3n) is 2.36. The smallest absolute Gasteiger partial charge is 0.331 e. The van der Waals surface area contributed by atoms with E-state index in [9.17, 15) is 9.59 Å². The molecule has 1 rings (SSSR count). The number of cyclic esters (lactones) is 1. The maximum Gasteiger partial charge on any atom is 0.331 e. The van der Waals surface area contributed by atoms with Gasteiger partial charge in [-0.3, -0.25) is 4.79 Å². The zero-order valence-corrected chi connectivity index (χ0v) is 10.2. The fraction of sp³-hybridized carbons (Fsp3) is 0.667. The summed E-state index contributed by atoms with van der Waals surface area (Å²) in [5, 5.41) is 8.29. The Labute approximate surface area is 96.3 Å². The largest absolute Gasteiger partial charge is 0.478 e. The van der Waals surface area contributed by atoms with Gasteiger partial charge in [-0.05, 0) is 40.0 Å². The van der Waals surface area contributed by atoms with Gasteiger partial charge in [0.25, 0.3) is 0 Å². The molecule has 1 heterocycles. The molecule has 1 fully saturated rings. The van der Waals surface area contributed by atoms with Crippen molar-refractivity contribution in [3.8, 4) is 0 Å². The molecular formula is C12H20O4. The van der Waals surface area contributed by atoms with Crippen LogP contribution in [0.25, 0.3) is 0 Å². The number of rotatable bonds is 1. The van der Waals surface area contributed by atoms with Crippen LogP contribution in [0.3, 0.4) is 0 Å². The Morgan fingerprint density at radius 2 is 1.81 bits per heavy atom. The second-order valence-electron chi connectivity index (χ2n) is 3.96. The molecular weight excluding hydrogens is 208 g/mol. The van der Waals surface area contributed by atoms with E-state index < -0.39 is 5.97 Å². The molecule has 16 heavy (non-hydrogen) atoms. The van der Waals surface area contributed by atoms with Crippen LogP contribution in [0.4, 0.5) is 0 Å². The predicted molar refractivity (Wildman–Crippen MR) is 61.1 cm³/mol. The third kappa shape index (κ3) is 7.04. The highest BCUT2D eigenvalue weighted by atomic mass is 16.5. The average molecular weight is 228 g/mol.